The number of benzene rings is 3. The van der Waals surface area contributed by atoms with E-state index >= 15 is 0 Å². The number of hydrogen-bond acceptors (Lipinski definition) is 6. The molecule has 0 N–H and O–H groups in total. The van der Waals surface area contributed by atoms with Crippen molar-refractivity contribution in [2.75, 3.05) is 11.9 Å². The van der Waals surface area contributed by atoms with Crippen molar-refractivity contribution >= 4 is 32.6 Å². The van der Waals surface area contributed by atoms with Crippen LogP contribution in [0.15, 0.2) is 60.7 Å². The van der Waals surface area contributed by atoms with Gasteiger partial charge < -0.3 is 9.47 Å². The van der Waals surface area contributed by atoms with Crippen molar-refractivity contribution in [3.8, 4) is 23.3 Å². The molecule has 3 aromatic carbocycles. The maximum atomic E-state index is 14.0. The van der Waals surface area contributed by atoms with Crippen LogP contribution >= 0.6 is 11.3 Å². The molecule has 4 rings (SSSR count). The molecule has 33 heavy (non-hydrogen) atoms. The molecule has 0 unspecified atom stereocenters. The molecule has 1 amide bonds. The van der Waals surface area contributed by atoms with Gasteiger partial charge in [0.05, 0.1) is 21.8 Å². The predicted molar refractivity (Wildman–Crippen MR) is 121 cm³/mol. The van der Waals surface area contributed by atoms with E-state index in [0.29, 0.717) is 26.8 Å². The van der Waals surface area contributed by atoms with E-state index in [4.69, 9.17) is 14.7 Å². The molecule has 0 saturated heterocycles. The molecular weight excluding hydrogens is 448 g/mol. The van der Waals surface area contributed by atoms with Gasteiger partial charge in [0.15, 0.2) is 22.8 Å². The number of hydrogen-bond donors (Lipinski definition) is 0. The highest BCUT2D eigenvalue weighted by Crippen LogP contribution is 2.30. The minimum atomic E-state index is -0.818. The van der Waals surface area contributed by atoms with Gasteiger partial charge in [-0.15, -0.1) is 0 Å². The highest BCUT2D eigenvalue weighted by atomic mass is 32.1. The summed E-state index contributed by atoms with van der Waals surface area (Å²) in [7, 11) is 1.58. The van der Waals surface area contributed by atoms with Crippen LogP contribution in [0.1, 0.15) is 12.5 Å². The summed E-state index contributed by atoms with van der Waals surface area (Å²) in [5, 5.41) is 9.25. The summed E-state index contributed by atoms with van der Waals surface area (Å²) in [4.78, 5) is 18.5. The molecule has 1 heterocycles. The van der Waals surface area contributed by atoms with Crippen LogP contribution in [0.3, 0.4) is 0 Å². The van der Waals surface area contributed by atoms with Crippen molar-refractivity contribution in [1.29, 1.82) is 5.26 Å². The topological polar surface area (TPSA) is 75.5 Å². The highest BCUT2D eigenvalue weighted by molar-refractivity contribution is 7.22. The standard InChI is InChI=1S/C24H17F2N3O3S/c1-14(23(30)29(2)24-28-20-9-4-16(25)12-22(20)33-24)31-17-5-7-18(8-6-17)32-21-10-3-15(13-27)11-19(21)26/h3-12,14H,1-2H3/t14-/m1/s1. The van der Waals surface area contributed by atoms with Gasteiger partial charge in [-0.3, -0.25) is 9.69 Å². The van der Waals surface area contributed by atoms with Gasteiger partial charge in [0, 0.05) is 7.05 Å². The summed E-state index contributed by atoms with van der Waals surface area (Å²) >= 11 is 1.21. The lowest BCUT2D eigenvalue weighted by Crippen LogP contribution is -2.37. The van der Waals surface area contributed by atoms with E-state index in [2.05, 4.69) is 4.98 Å². The zero-order chi connectivity index (χ0) is 23.5. The van der Waals surface area contributed by atoms with Crippen LogP contribution < -0.4 is 14.4 Å². The second kappa shape index (κ2) is 9.22. The van der Waals surface area contributed by atoms with Gasteiger partial charge in [0.1, 0.15) is 17.3 Å². The first-order valence-electron chi connectivity index (χ1n) is 9.82. The van der Waals surface area contributed by atoms with Crippen molar-refractivity contribution < 1.29 is 23.0 Å². The second-order valence-electron chi connectivity index (χ2n) is 7.10. The van der Waals surface area contributed by atoms with E-state index in [0.717, 1.165) is 6.07 Å². The number of rotatable bonds is 6. The molecule has 0 spiro atoms. The molecule has 0 fully saturated rings. The fourth-order valence-corrected chi connectivity index (χ4v) is 3.97. The minimum absolute atomic E-state index is 0.0106. The Morgan fingerprint density at radius 1 is 1.09 bits per heavy atom. The van der Waals surface area contributed by atoms with Gasteiger partial charge in [-0.25, -0.2) is 13.8 Å². The fourth-order valence-electron chi connectivity index (χ4n) is 3.02. The molecule has 4 aromatic rings. The van der Waals surface area contributed by atoms with E-state index in [1.807, 2.05) is 6.07 Å². The number of halogens is 2. The monoisotopic (exact) mass is 465 g/mol. The summed E-state index contributed by atoms with van der Waals surface area (Å²) in [5.74, 6) is -0.558. The SMILES string of the molecule is C[C@@H](Oc1ccc(Oc2ccc(C#N)cc2F)cc1)C(=O)N(C)c1nc2ccc(F)cc2s1. The van der Waals surface area contributed by atoms with E-state index in [9.17, 15) is 13.6 Å². The number of aromatic nitrogens is 1. The maximum absolute atomic E-state index is 14.0. The number of likely N-dealkylation sites (N-methyl/N-ethyl adjacent to an activating group) is 1. The zero-order valence-corrected chi connectivity index (χ0v) is 18.4. The summed E-state index contributed by atoms with van der Waals surface area (Å²) < 4.78 is 39.3. The Morgan fingerprint density at radius 2 is 1.82 bits per heavy atom. The van der Waals surface area contributed by atoms with E-state index in [1.54, 1.807) is 44.3 Å². The average molecular weight is 465 g/mol. The third-order valence-corrected chi connectivity index (χ3v) is 5.82. The Morgan fingerprint density at radius 3 is 2.52 bits per heavy atom. The second-order valence-corrected chi connectivity index (χ2v) is 8.11. The van der Waals surface area contributed by atoms with Crippen LogP contribution in [0, 0.1) is 23.0 Å². The summed E-state index contributed by atoms with van der Waals surface area (Å²) in [6.07, 6.45) is -0.818. The molecule has 1 aromatic heterocycles. The van der Waals surface area contributed by atoms with Crippen molar-refractivity contribution in [3.63, 3.8) is 0 Å². The molecule has 0 aliphatic rings. The predicted octanol–water partition coefficient (Wildman–Crippen LogP) is 5.67. The number of nitriles is 1. The summed E-state index contributed by atoms with van der Waals surface area (Å²) in [6.45, 7) is 1.61. The fraction of sp³-hybridized carbons (Fsp3) is 0.125. The number of carbonyl (C=O) groups excluding carboxylic acids is 1. The number of ether oxygens (including phenoxy) is 2. The van der Waals surface area contributed by atoms with E-state index in [1.165, 1.54) is 40.5 Å². The van der Waals surface area contributed by atoms with Crippen LogP contribution in [0.2, 0.25) is 0 Å². The van der Waals surface area contributed by atoms with Crippen LogP contribution in [0.5, 0.6) is 17.2 Å². The molecular formula is C24H17F2N3O3S. The molecule has 0 aliphatic carbocycles. The zero-order valence-electron chi connectivity index (χ0n) is 17.6. The van der Waals surface area contributed by atoms with Gasteiger partial charge in [-0.1, -0.05) is 11.3 Å². The third kappa shape index (κ3) is 4.91. The van der Waals surface area contributed by atoms with Crippen molar-refractivity contribution in [2.24, 2.45) is 0 Å². The average Bonchev–Trinajstić information content (AvgIpc) is 3.23. The van der Waals surface area contributed by atoms with Gasteiger partial charge in [-0.2, -0.15) is 5.26 Å². The maximum Gasteiger partial charge on any atom is 0.269 e. The first-order valence-corrected chi connectivity index (χ1v) is 10.6. The van der Waals surface area contributed by atoms with Gasteiger partial charge in [-0.05, 0) is 67.6 Å². The first-order chi connectivity index (χ1) is 15.8. The Labute approximate surface area is 192 Å². The van der Waals surface area contributed by atoms with Gasteiger partial charge in [0.25, 0.3) is 5.91 Å². The number of nitrogens with zero attached hydrogens (tertiary/aromatic N) is 3. The lowest BCUT2D eigenvalue weighted by molar-refractivity contribution is -0.124. The Balaban J connectivity index is 1.40. The lowest BCUT2D eigenvalue weighted by Gasteiger charge is -2.20. The largest absolute Gasteiger partial charge is 0.481 e. The molecule has 1 atom stereocenters. The molecule has 0 aliphatic heterocycles. The summed E-state index contributed by atoms with van der Waals surface area (Å²) in [6, 6.07) is 16.4. The number of fused-ring (bicyclic) bond motifs is 1. The highest BCUT2D eigenvalue weighted by Gasteiger charge is 2.23. The smallest absolute Gasteiger partial charge is 0.269 e. The van der Waals surface area contributed by atoms with Gasteiger partial charge in [0.2, 0.25) is 0 Å². The molecule has 0 bridgehead atoms. The third-order valence-electron chi connectivity index (χ3n) is 4.73. The van der Waals surface area contributed by atoms with Crippen molar-refractivity contribution in [1.82, 2.24) is 4.98 Å². The number of amides is 1. The lowest BCUT2D eigenvalue weighted by atomic mass is 10.2. The quantitative estimate of drug-likeness (QED) is 0.367. The number of carbonyl (C=O) groups is 1. The first kappa shape index (κ1) is 22.2. The molecule has 6 nitrogen and oxygen atoms in total. The van der Waals surface area contributed by atoms with Gasteiger partial charge >= 0.3 is 0 Å². The molecule has 9 heteroatoms. The van der Waals surface area contributed by atoms with Crippen LogP contribution in [-0.2, 0) is 4.79 Å². The van der Waals surface area contributed by atoms with Crippen LogP contribution in [0.25, 0.3) is 10.2 Å². The number of thiazole rings is 1. The Kier molecular flexibility index (Phi) is 6.20. The molecule has 0 radical (unpaired) electrons. The van der Waals surface area contributed by atoms with Crippen LogP contribution in [-0.4, -0.2) is 24.0 Å². The van der Waals surface area contributed by atoms with Crippen molar-refractivity contribution in [2.45, 2.75) is 13.0 Å². The number of anilines is 1. The van der Waals surface area contributed by atoms with E-state index in [-0.39, 0.29) is 23.0 Å². The van der Waals surface area contributed by atoms with E-state index < -0.39 is 11.9 Å². The normalized spacial score (nSPS) is 11.6. The minimum Gasteiger partial charge on any atom is -0.481 e. The van der Waals surface area contributed by atoms with Crippen LogP contribution in [0.4, 0.5) is 13.9 Å². The molecule has 166 valence electrons. The Bertz CT molecular complexity index is 1370. The summed E-state index contributed by atoms with van der Waals surface area (Å²) in [5.41, 5.74) is 0.809. The molecule has 0 saturated carbocycles. The van der Waals surface area contributed by atoms with Crippen molar-refractivity contribution in [3.05, 3.63) is 77.9 Å². The Hall–Kier alpha value is -4.03.